The molecule has 0 saturated carbocycles. The topological polar surface area (TPSA) is 35.8 Å². The lowest BCUT2D eigenvalue weighted by Crippen LogP contribution is -2.31. The highest BCUT2D eigenvalue weighted by Gasteiger charge is 2.23. The summed E-state index contributed by atoms with van der Waals surface area (Å²) in [5.41, 5.74) is 0. The summed E-state index contributed by atoms with van der Waals surface area (Å²) in [4.78, 5) is 0. The molecule has 1 saturated heterocycles. The largest absolute Gasteiger partial charge is 0.305 e. The van der Waals surface area contributed by atoms with Crippen LogP contribution in [0.4, 0.5) is 0 Å². The lowest BCUT2D eigenvalue weighted by molar-refractivity contribution is 0.480. The molecule has 1 aliphatic rings. The number of thioether (sulfide) groups is 1. The van der Waals surface area contributed by atoms with E-state index >= 15 is 0 Å². The third-order valence-electron chi connectivity index (χ3n) is 1.89. The van der Waals surface area contributed by atoms with Gasteiger partial charge in [-0.1, -0.05) is 0 Å². The smallest absolute Gasteiger partial charge is 0.0987 e. The zero-order chi connectivity index (χ0) is 7.40. The number of hydrogen-bond acceptors (Lipinski definition) is 3. The van der Waals surface area contributed by atoms with Crippen LogP contribution < -0.4 is 5.32 Å². The van der Waals surface area contributed by atoms with E-state index in [1.165, 1.54) is 12.2 Å². The van der Waals surface area contributed by atoms with E-state index in [0.717, 1.165) is 5.75 Å². The van der Waals surface area contributed by atoms with Crippen molar-refractivity contribution in [3.63, 3.8) is 0 Å². The van der Waals surface area contributed by atoms with Crippen LogP contribution in [0.5, 0.6) is 0 Å². The maximum absolute atomic E-state index is 8.66. The molecule has 0 spiro atoms. The Bertz CT molecular complexity index is 135. The lowest BCUT2D eigenvalue weighted by atomic mass is 10.0. The average Bonchev–Trinajstić information content (AvgIpc) is 2.43. The number of nitrogens with one attached hydrogen (secondary N) is 1. The van der Waals surface area contributed by atoms with Crippen molar-refractivity contribution in [2.45, 2.75) is 12.5 Å². The van der Waals surface area contributed by atoms with Gasteiger partial charge in [0.05, 0.1) is 12.1 Å². The Morgan fingerprint density at radius 3 is 3.00 bits per heavy atom. The van der Waals surface area contributed by atoms with Gasteiger partial charge in [0, 0.05) is 0 Å². The van der Waals surface area contributed by atoms with Gasteiger partial charge in [0.2, 0.25) is 0 Å². The van der Waals surface area contributed by atoms with Gasteiger partial charge < -0.3 is 5.32 Å². The predicted octanol–water partition coefficient (Wildman–Crippen LogP) is 0.851. The summed E-state index contributed by atoms with van der Waals surface area (Å²) in [5, 5.41) is 11.7. The zero-order valence-electron chi connectivity index (χ0n) is 6.13. The molecule has 56 valence electrons. The van der Waals surface area contributed by atoms with E-state index in [1.807, 2.05) is 18.8 Å². The average molecular weight is 156 g/mol. The fraction of sp³-hybridized carbons (Fsp3) is 0.857. The molecule has 1 heterocycles. The molecule has 0 aromatic rings. The van der Waals surface area contributed by atoms with Gasteiger partial charge in [0.25, 0.3) is 0 Å². The van der Waals surface area contributed by atoms with Crippen LogP contribution in [0.15, 0.2) is 0 Å². The summed E-state index contributed by atoms with van der Waals surface area (Å²) in [6.07, 6.45) is 1.20. The molecule has 2 unspecified atom stereocenters. The highest BCUT2D eigenvalue weighted by molar-refractivity contribution is 7.99. The summed E-state index contributed by atoms with van der Waals surface area (Å²) >= 11 is 1.95. The minimum absolute atomic E-state index is 0.0787. The summed E-state index contributed by atoms with van der Waals surface area (Å²) in [6.45, 7) is 0. The molecular weight excluding hydrogens is 144 g/mol. The standard InChI is InChI=1S/C7H12N2S/c1-9-7(4-8)6-2-3-10-5-6/h6-7,9H,2-3,5H2,1H3. The second-order valence-electron chi connectivity index (χ2n) is 2.52. The monoisotopic (exact) mass is 156 g/mol. The van der Waals surface area contributed by atoms with E-state index in [1.54, 1.807) is 0 Å². The minimum atomic E-state index is 0.0787. The number of rotatable bonds is 2. The quantitative estimate of drug-likeness (QED) is 0.644. The summed E-state index contributed by atoms with van der Waals surface area (Å²) in [6, 6.07) is 2.35. The molecule has 0 amide bonds. The Morgan fingerprint density at radius 2 is 2.60 bits per heavy atom. The molecule has 2 nitrogen and oxygen atoms in total. The van der Waals surface area contributed by atoms with E-state index in [4.69, 9.17) is 5.26 Å². The van der Waals surface area contributed by atoms with Crippen LogP contribution in [-0.2, 0) is 0 Å². The van der Waals surface area contributed by atoms with Crippen LogP contribution in [0.25, 0.3) is 0 Å². The number of nitriles is 1. The Labute approximate surface area is 66.0 Å². The lowest BCUT2D eigenvalue weighted by Gasteiger charge is -2.13. The zero-order valence-corrected chi connectivity index (χ0v) is 6.95. The molecule has 1 fully saturated rings. The van der Waals surface area contributed by atoms with Crippen molar-refractivity contribution in [3.8, 4) is 6.07 Å². The highest BCUT2D eigenvalue weighted by atomic mass is 32.2. The van der Waals surface area contributed by atoms with Crippen molar-refractivity contribution in [1.82, 2.24) is 5.32 Å². The number of nitrogens with zero attached hydrogens (tertiary/aromatic N) is 1. The molecule has 1 rings (SSSR count). The maximum Gasteiger partial charge on any atom is 0.0987 e. The van der Waals surface area contributed by atoms with Gasteiger partial charge in [-0.05, 0) is 30.9 Å². The Balaban J connectivity index is 2.38. The van der Waals surface area contributed by atoms with Gasteiger partial charge in [-0.2, -0.15) is 17.0 Å². The van der Waals surface area contributed by atoms with Crippen molar-refractivity contribution in [1.29, 1.82) is 5.26 Å². The molecule has 0 aromatic heterocycles. The van der Waals surface area contributed by atoms with Crippen molar-refractivity contribution in [2.24, 2.45) is 5.92 Å². The van der Waals surface area contributed by atoms with Gasteiger partial charge in [0.15, 0.2) is 0 Å². The third kappa shape index (κ3) is 1.65. The molecule has 0 aliphatic carbocycles. The maximum atomic E-state index is 8.66. The first-order valence-electron chi connectivity index (χ1n) is 3.53. The first kappa shape index (κ1) is 7.90. The van der Waals surface area contributed by atoms with Gasteiger partial charge in [-0.25, -0.2) is 0 Å². The Hall–Kier alpha value is -0.200. The van der Waals surface area contributed by atoms with Crippen molar-refractivity contribution >= 4 is 11.8 Å². The molecule has 0 bridgehead atoms. The minimum Gasteiger partial charge on any atom is -0.305 e. The third-order valence-corrected chi connectivity index (χ3v) is 3.07. The van der Waals surface area contributed by atoms with Crippen LogP contribution >= 0.6 is 11.8 Å². The normalized spacial score (nSPS) is 27.8. The van der Waals surface area contributed by atoms with Gasteiger partial charge >= 0.3 is 0 Å². The highest BCUT2D eigenvalue weighted by Crippen LogP contribution is 2.25. The fourth-order valence-corrected chi connectivity index (χ4v) is 2.52. The van der Waals surface area contributed by atoms with E-state index in [0.29, 0.717) is 5.92 Å². The SMILES string of the molecule is CNC(C#N)C1CCSC1. The first-order chi connectivity index (χ1) is 4.88. The van der Waals surface area contributed by atoms with E-state index < -0.39 is 0 Å². The number of hydrogen-bond donors (Lipinski definition) is 1. The Morgan fingerprint density at radius 1 is 1.80 bits per heavy atom. The van der Waals surface area contributed by atoms with Gasteiger partial charge in [-0.15, -0.1) is 0 Å². The molecule has 1 N–H and O–H groups in total. The predicted molar refractivity (Wildman–Crippen MR) is 43.9 cm³/mol. The van der Waals surface area contributed by atoms with Crippen LogP contribution in [0.1, 0.15) is 6.42 Å². The first-order valence-corrected chi connectivity index (χ1v) is 4.68. The van der Waals surface area contributed by atoms with Crippen LogP contribution in [0.3, 0.4) is 0 Å². The van der Waals surface area contributed by atoms with Crippen LogP contribution in [-0.4, -0.2) is 24.6 Å². The molecule has 0 aromatic carbocycles. The summed E-state index contributed by atoms with van der Waals surface area (Å²) in [5.74, 6) is 2.96. The molecule has 3 heteroatoms. The second-order valence-corrected chi connectivity index (χ2v) is 3.67. The Kier molecular flexibility index (Phi) is 3.04. The summed E-state index contributed by atoms with van der Waals surface area (Å²) in [7, 11) is 1.86. The van der Waals surface area contributed by atoms with E-state index in [2.05, 4.69) is 11.4 Å². The molecular formula is C7H12N2S. The van der Waals surface area contributed by atoms with Gasteiger partial charge in [0.1, 0.15) is 0 Å². The fourth-order valence-electron chi connectivity index (χ4n) is 1.22. The van der Waals surface area contributed by atoms with Crippen LogP contribution in [0.2, 0.25) is 0 Å². The van der Waals surface area contributed by atoms with E-state index in [-0.39, 0.29) is 6.04 Å². The molecule has 1 aliphatic heterocycles. The van der Waals surface area contributed by atoms with Crippen molar-refractivity contribution < 1.29 is 0 Å². The van der Waals surface area contributed by atoms with Crippen molar-refractivity contribution in [3.05, 3.63) is 0 Å². The van der Waals surface area contributed by atoms with E-state index in [9.17, 15) is 0 Å². The molecule has 10 heavy (non-hydrogen) atoms. The summed E-state index contributed by atoms with van der Waals surface area (Å²) < 4.78 is 0. The second kappa shape index (κ2) is 3.85. The van der Waals surface area contributed by atoms with Crippen molar-refractivity contribution in [2.75, 3.05) is 18.6 Å². The molecule has 0 radical (unpaired) electrons. The molecule has 2 atom stereocenters. The van der Waals surface area contributed by atoms with Crippen LogP contribution in [0, 0.1) is 17.2 Å². The van der Waals surface area contributed by atoms with Gasteiger partial charge in [-0.3, -0.25) is 0 Å².